The first-order chi connectivity index (χ1) is 10.9. The highest BCUT2D eigenvalue weighted by Gasteiger charge is 2.32. The Kier molecular flexibility index (Phi) is 6.04. The number of hydrogen-bond acceptors (Lipinski definition) is 8. The molecule has 1 atom stereocenters. The van der Waals surface area contributed by atoms with Gasteiger partial charge >= 0.3 is 11.9 Å². The second-order valence-corrected chi connectivity index (χ2v) is 4.40. The van der Waals surface area contributed by atoms with Crippen molar-refractivity contribution in [1.82, 2.24) is 4.98 Å². The molecule has 0 aliphatic heterocycles. The zero-order valence-electron chi connectivity index (χ0n) is 13.0. The van der Waals surface area contributed by atoms with Crippen molar-refractivity contribution in [3.63, 3.8) is 0 Å². The highest BCUT2D eigenvalue weighted by Crippen LogP contribution is 2.28. The lowest BCUT2D eigenvalue weighted by Gasteiger charge is -2.16. The maximum atomic E-state index is 12.2. The van der Waals surface area contributed by atoms with Crippen molar-refractivity contribution >= 4 is 17.8 Å². The number of nitrogen functional groups attached to an aromatic ring is 1. The Labute approximate surface area is 133 Å². The van der Waals surface area contributed by atoms with Crippen LogP contribution < -0.4 is 5.73 Å². The van der Waals surface area contributed by atoms with E-state index >= 15 is 0 Å². The van der Waals surface area contributed by atoms with Crippen LogP contribution in [0.25, 0.3) is 0 Å². The summed E-state index contributed by atoms with van der Waals surface area (Å²) in [4.78, 5) is 28.0. The average Bonchev–Trinajstić information content (AvgIpc) is 2.48. The van der Waals surface area contributed by atoms with E-state index in [4.69, 9.17) is 20.5 Å². The molecular formula is C15H16N4O4. The summed E-state index contributed by atoms with van der Waals surface area (Å²) in [6.07, 6.45) is 0. The number of hydrogen-bond donors (Lipinski definition) is 1. The van der Waals surface area contributed by atoms with Gasteiger partial charge in [0.05, 0.1) is 36.1 Å². The van der Waals surface area contributed by atoms with Gasteiger partial charge in [0.15, 0.2) is 5.92 Å². The number of carbonyl (C=O) groups excluding carboxylic acids is 2. The van der Waals surface area contributed by atoms with E-state index in [1.54, 1.807) is 19.9 Å². The van der Waals surface area contributed by atoms with E-state index in [0.29, 0.717) is 0 Å². The third-order valence-corrected chi connectivity index (χ3v) is 3.02. The van der Waals surface area contributed by atoms with E-state index in [9.17, 15) is 14.9 Å². The van der Waals surface area contributed by atoms with Crippen molar-refractivity contribution in [1.29, 1.82) is 10.5 Å². The molecule has 120 valence electrons. The predicted octanol–water partition coefficient (Wildman–Crippen LogP) is 1.19. The molecule has 8 heteroatoms. The van der Waals surface area contributed by atoms with Crippen LogP contribution in [0.1, 0.15) is 46.9 Å². The van der Waals surface area contributed by atoms with Crippen LogP contribution in [0.2, 0.25) is 0 Å². The van der Waals surface area contributed by atoms with Gasteiger partial charge in [-0.1, -0.05) is 0 Å². The molecule has 0 aliphatic carbocycles. The zero-order valence-corrected chi connectivity index (χ0v) is 13.0. The van der Waals surface area contributed by atoms with Crippen LogP contribution in [0.5, 0.6) is 0 Å². The SMILES string of the molecule is CCOC(=O)c1c(C(C#N)C(=O)OCC)nc(N)c(C#N)c1C. The van der Waals surface area contributed by atoms with E-state index in [1.807, 2.05) is 6.07 Å². The molecule has 0 aliphatic rings. The van der Waals surface area contributed by atoms with Gasteiger partial charge in [0, 0.05) is 0 Å². The summed E-state index contributed by atoms with van der Waals surface area (Å²) in [6, 6.07) is 3.59. The molecule has 1 unspecified atom stereocenters. The molecule has 23 heavy (non-hydrogen) atoms. The molecular weight excluding hydrogens is 300 g/mol. The Morgan fingerprint density at radius 1 is 1.26 bits per heavy atom. The van der Waals surface area contributed by atoms with Gasteiger partial charge in [-0.05, 0) is 26.3 Å². The van der Waals surface area contributed by atoms with E-state index in [0.717, 1.165) is 0 Å². The maximum Gasteiger partial charge on any atom is 0.340 e. The highest BCUT2D eigenvalue weighted by atomic mass is 16.5. The summed E-state index contributed by atoms with van der Waals surface area (Å²) in [7, 11) is 0. The molecule has 0 amide bonds. The third-order valence-electron chi connectivity index (χ3n) is 3.02. The minimum Gasteiger partial charge on any atom is -0.465 e. The Hall–Kier alpha value is -3.13. The second kappa shape index (κ2) is 7.76. The molecule has 0 saturated carbocycles. The lowest BCUT2D eigenvalue weighted by molar-refractivity contribution is -0.143. The van der Waals surface area contributed by atoms with E-state index in [2.05, 4.69) is 4.98 Å². The number of nitrogens with zero attached hydrogens (tertiary/aromatic N) is 3. The minimum atomic E-state index is -1.44. The Morgan fingerprint density at radius 3 is 2.35 bits per heavy atom. The summed E-state index contributed by atoms with van der Waals surface area (Å²) in [5.74, 6) is -3.24. The standard InChI is InChI=1S/C15H16N4O4/c1-4-22-14(20)10(7-17)12-11(15(21)23-5-2)8(3)9(6-16)13(18)19-12/h10H,4-5H2,1-3H3,(H2,18,19). The van der Waals surface area contributed by atoms with Crippen molar-refractivity contribution in [2.24, 2.45) is 0 Å². The van der Waals surface area contributed by atoms with Crippen molar-refractivity contribution < 1.29 is 19.1 Å². The lowest BCUT2D eigenvalue weighted by Crippen LogP contribution is -2.22. The van der Waals surface area contributed by atoms with Crippen molar-refractivity contribution in [3.8, 4) is 12.1 Å². The number of carbonyl (C=O) groups is 2. The van der Waals surface area contributed by atoms with Crippen molar-refractivity contribution in [2.45, 2.75) is 26.7 Å². The number of esters is 2. The number of nitrogens with two attached hydrogens (primary N) is 1. The Bertz CT molecular complexity index is 716. The molecule has 0 fully saturated rings. The third kappa shape index (κ3) is 3.55. The first-order valence-electron chi connectivity index (χ1n) is 6.86. The number of pyridine rings is 1. The van der Waals surface area contributed by atoms with Gasteiger partial charge in [-0.25, -0.2) is 9.78 Å². The van der Waals surface area contributed by atoms with E-state index in [1.165, 1.54) is 6.92 Å². The monoisotopic (exact) mass is 316 g/mol. The molecule has 8 nitrogen and oxygen atoms in total. The van der Waals surface area contributed by atoms with Gasteiger partial charge in [-0.2, -0.15) is 10.5 Å². The maximum absolute atomic E-state index is 12.2. The molecule has 1 aromatic rings. The van der Waals surface area contributed by atoms with Gasteiger partial charge in [0.2, 0.25) is 0 Å². The Balaban J connectivity index is 3.64. The number of nitriles is 2. The van der Waals surface area contributed by atoms with Crippen LogP contribution in [0.3, 0.4) is 0 Å². The lowest BCUT2D eigenvalue weighted by atomic mass is 9.95. The minimum absolute atomic E-state index is 0.00245. The average molecular weight is 316 g/mol. The van der Waals surface area contributed by atoms with Crippen LogP contribution in [-0.4, -0.2) is 30.1 Å². The molecule has 0 aromatic carbocycles. The van der Waals surface area contributed by atoms with Gasteiger partial charge < -0.3 is 15.2 Å². The number of ether oxygens (including phenoxy) is 2. The molecule has 1 aromatic heterocycles. The van der Waals surface area contributed by atoms with Gasteiger partial charge in [-0.15, -0.1) is 0 Å². The molecule has 2 N–H and O–H groups in total. The first kappa shape index (κ1) is 17.9. The highest BCUT2D eigenvalue weighted by molar-refractivity contribution is 5.96. The fraction of sp³-hybridized carbons (Fsp3) is 0.400. The molecule has 0 spiro atoms. The van der Waals surface area contributed by atoms with Crippen molar-refractivity contribution in [3.05, 3.63) is 22.4 Å². The van der Waals surface area contributed by atoms with E-state index in [-0.39, 0.29) is 41.4 Å². The smallest absolute Gasteiger partial charge is 0.340 e. The first-order valence-corrected chi connectivity index (χ1v) is 6.86. The fourth-order valence-corrected chi connectivity index (χ4v) is 2.01. The fourth-order valence-electron chi connectivity index (χ4n) is 2.01. The van der Waals surface area contributed by atoms with Crippen LogP contribution in [0, 0.1) is 29.6 Å². The molecule has 0 bridgehead atoms. The largest absolute Gasteiger partial charge is 0.465 e. The van der Waals surface area contributed by atoms with Crippen molar-refractivity contribution in [2.75, 3.05) is 18.9 Å². The summed E-state index contributed by atoms with van der Waals surface area (Å²) < 4.78 is 9.75. The summed E-state index contributed by atoms with van der Waals surface area (Å²) in [6.45, 7) is 4.82. The second-order valence-electron chi connectivity index (χ2n) is 4.40. The van der Waals surface area contributed by atoms with Gasteiger partial charge in [-0.3, -0.25) is 4.79 Å². The zero-order chi connectivity index (χ0) is 17.6. The van der Waals surface area contributed by atoms with Crippen LogP contribution in [0.4, 0.5) is 5.82 Å². The number of aromatic nitrogens is 1. The molecule has 0 saturated heterocycles. The van der Waals surface area contributed by atoms with Crippen LogP contribution >= 0.6 is 0 Å². The Morgan fingerprint density at radius 2 is 1.87 bits per heavy atom. The molecule has 1 heterocycles. The summed E-state index contributed by atoms with van der Waals surface area (Å²) in [5, 5.41) is 18.4. The summed E-state index contributed by atoms with van der Waals surface area (Å²) in [5.41, 5.74) is 5.62. The molecule has 0 radical (unpaired) electrons. The molecule has 1 rings (SSSR count). The predicted molar refractivity (Wildman–Crippen MR) is 79.0 cm³/mol. The van der Waals surface area contributed by atoms with Gasteiger partial charge in [0.25, 0.3) is 0 Å². The van der Waals surface area contributed by atoms with E-state index < -0.39 is 17.9 Å². The van der Waals surface area contributed by atoms with Crippen LogP contribution in [-0.2, 0) is 14.3 Å². The van der Waals surface area contributed by atoms with Crippen LogP contribution in [0.15, 0.2) is 0 Å². The number of rotatable bonds is 5. The quantitative estimate of drug-likeness (QED) is 0.799. The van der Waals surface area contributed by atoms with Gasteiger partial charge in [0.1, 0.15) is 11.9 Å². The summed E-state index contributed by atoms with van der Waals surface area (Å²) >= 11 is 0. The number of anilines is 1. The normalized spacial score (nSPS) is 11.0. The topological polar surface area (TPSA) is 139 Å².